The van der Waals surface area contributed by atoms with Gasteiger partial charge in [0.15, 0.2) is 5.76 Å². The first-order chi connectivity index (χ1) is 13.5. The molecule has 4 aromatic rings. The number of carbonyl (C=O) groups is 1. The van der Waals surface area contributed by atoms with Gasteiger partial charge < -0.3 is 18.7 Å². The highest BCUT2D eigenvalue weighted by molar-refractivity contribution is 6.06. The number of hydrogen-bond donors (Lipinski definition) is 1. The molecule has 0 aliphatic heterocycles. The van der Waals surface area contributed by atoms with E-state index in [0.717, 1.165) is 5.76 Å². The molecule has 0 radical (unpaired) electrons. The van der Waals surface area contributed by atoms with Gasteiger partial charge in [0.25, 0.3) is 11.6 Å². The van der Waals surface area contributed by atoms with Crippen LogP contribution in [-0.4, -0.2) is 41.6 Å². The largest absolute Gasteiger partial charge is 0.468 e. The molecule has 0 bridgehead atoms. The monoisotopic (exact) mass is 380 g/mol. The lowest BCUT2D eigenvalue weighted by Crippen LogP contribution is -2.34. The molecule has 8 heteroatoms. The van der Waals surface area contributed by atoms with Crippen LogP contribution in [0.25, 0.3) is 22.6 Å². The molecule has 4 aromatic heterocycles. The molecule has 28 heavy (non-hydrogen) atoms. The van der Waals surface area contributed by atoms with Crippen LogP contribution >= 0.6 is 0 Å². The van der Waals surface area contributed by atoms with Gasteiger partial charge in [-0.2, -0.15) is 0 Å². The third-order valence-electron chi connectivity index (χ3n) is 4.59. The highest BCUT2D eigenvalue weighted by atomic mass is 16.5. The van der Waals surface area contributed by atoms with Crippen LogP contribution in [-0.2, 0) is 0 Å². The van der Waals surface area contributed by atoms with E-state index in [9.17, 15) is 4.79 Å². The Bertz CT molecular complexity index is 1080. The number of nitrogens with zero attached hydrogens (tertiary/aromatic N) is 3. The van der Waals surface area contributed by atoms with Gasteiger partial charge in [0, 0.05) is 6.54 Å². The van der Waals surface area contributed by atoms with E-state index < -0.39 is 0 Å². The minimum atomic E-state index is -0.245. The van der Waals surface area contributed by atoms with E-state index in [1.807, 2.05) is 31.1 Å². The van der Waals surface area contributed by atoms with E-state index in [4.69, 9.17) is 13.4 Å². The molecule has 8 nitrogen and oxygen atoms in total. The zero-order valence-electron chi connectivity index (χ0n) is 15.8. The summed E-state index contributed by atoms with van der Waals surface area (Å²) < 4.78 is 16.2. The molecule has 1 N–H and O–H groups in total. The third kappa shape index (κ3) is 3.29. The summed E-state index contributed by atoms with van der Waals surface area (Å²) in [6.45, 7) is 2.16. The van der Waals surface area contributed by atoms with E-state index in [-0.39, 0.29) is 11.9 Å². The van der Waals surface area contributed by atoms with Crippen molar-refractivity contribution >= 4 is 17.0 Å². The number of amides is 1. The molecule has 0 aliphatic carbocycles. The molecule has 0 saturated heterocycles. The Morgan fingerprint density at radius 1 is 1.21 bits per heavy atom. The maximum atomic E-state index is 13.0. The second kappa shape index (κ2) is 7.32. The molecule has 4 rings (SSSR count). The quantitative estimate of drug-likeness (QED) is 0.547. The number of fused-ring (bicyclic) bond motifs is 1. The first-order valence-corrected chi connectivity index (χ1v) is 8.83. The van der Waals surface area contributed by atoms with E-state index in [1.165, 1.54) is 0 Å². The van der Waals surface area contributed by atoms with Crippen LogP contribution in [0.3, 0.4) is 0 Å². The molecule has 144 valence electrons. The summed E-state index contributed by atoms with van der Waals surface area (Å²) in [6.07, 6.45) is 3.17. The van der Waals surface area contributed by atoms with Crippen molar-refractivity contribution in [2.45, 2.75) is 13.0 Å². The smallest absolute Gasteiger partial charge is 0.259 e. The van der Waals surface area contributed by atoms with Gasteiger partial charge in [0.1, 0.15) is 11.5 Å². The number of nitrogens with one attached hydrogen (secondary N) is 1. The standard InChI is InChI=1S/C20H20N4O4/c1-12-18-13(10-14(16-6-4-8-26-16)22-20(18)28-23-12)19(25)21-11-15(24(2)3)17-7-5-9-27-17/h4-10,15H,11H2,1-3H3,(H,21,25). The van der Waals surface area contributed by atoms with Crippen LogP contribution in [0, 0.1) is 6.92 Å². The number of hydrogen-bond acceptors (Lipinski definition) is 7. The molecule has 4 heterocycles. The van der Waals surface area contributed by atoms with Crippen molar-refractivity contribution in [2.24, 2.45) is 0 Å². The fraction of sp³-hybridized carbons (Fsp3) is 0.250. The first kappa shape index (κ1) is 18.0. The molecule has 0 saturated carbocycles. The number of aromatic nitrogens is 2. The molecule has 0 aliphatic rings. The van der Waals surface area contributed by atoms with Crippen molar-refractivity contribution in [1.82, 2.24) is 20.4 Å². The van der Waals surface area contributed by atoms with Crippen LogP contribution in [0.1, 0.15) is 27.9 Å². The molecule has 1 amide bonds. The fourth-order valence-electron chi connectivity index (χ4n) is 3.13. The topological polar surface area (TPSA) is 97.5 Å². The van der Waals surface area contributed by atoms with Crippen LogP contribution < -0.4 is 5.32 Å². The van der Waals surface area contributed by atoms with E-state index >= 15 is 0 Å². The van der Waals surface area contributed by atoms with Gasteiger partial charge in [0.2, 0.25) is 0 Å². The molecule has 0 aromatic carbocycles. The summed E-state index contributed by atoms with van der Waals surface area (Å²) in [5.74, 6) is 1.08. The highest BCUT2D eigenvalue weighted by Gasteiger charge is 2.22. The zero-order valence-corrected chi connectivity index (χ0v) is 15.8. The third-order valence-corrected chi connectivity index (χ3v) is 4.59. The lowest BCUT2D eigenvalue weighted by atomic mass is 10.1. The molecule has 0 fully saturated rings. The summed E-state index contributed by atoms with van der Waals surface area (Å²) in [4.78, 5) is 19.4. The zero-order chi connectivity index (χ0) is 19.7. The minimum Gasteiger partial charge on any atom is -0.468 e. The Kier molecular flexibility index (Phi) is 4.70. The van der Waals surface area contributed by atoms with Crippen molar-refractivity contribution in [3.05, 3.63) is 59.9 Å². The predicted molar refractivity (Wildman–Crippen MR) is 102 cm³/mol. The fourth-order valence-corrected chi connectivity index (χ4v) is 3.13. The van der Waals surface area contributed by atoms with Crippen molar-refractivity contribution in [3.63, 3.8) is 0 Å². The lowest BCUT2D eigenvalue weighted by Gasteiger charge is -2.22. The maximum absolute atomic E-state index is 13.0. The van der Waals surface area contributed by atoms with E-state index in [1.54, 1.807) is 37.6 Å². The number of carbonyl (C=O) groups excluding carboxylic acids is 1. The summed E-state index contributed by atoms with van der Waals surface area (Å²) >= 11 is 0. The average Bonchev–Trinajstić information content (AvgIpc) is 3.43. The molecule has 1 unspecified atom stereocenters. The van der Waals surface area contributed by atoms with Crippen LogP contribution in [0.15, 0.2) is 56.2 Å². The first-order valence-electron chi connectivity index (χ1n) is 8.83. The number of aryl methyl sites for hydroxylation is 1. The van der Waals surface area contributed by atoms with E-state index in [0.29, 0.717) is 40.4 Å². The number of likely N-dealkylation sites (N-methyl/N-ethyl adjacent to an activating group) is 1. The Labute approximate surface area is 161 Å². The average molecular weight is 380 g/mol. The van der Waals surface area contributed by atoms with E-state index in [2.05, 4.69) is 15.5 Å². The molecule has 0 spiro atoms. The van der Waals surface area contributed by atoms with Crippen LogP contribution in [0.4, 0.5) is 0 Å². The van der Waals surface area contributed by atoms with Gasteiger partial charge >= 0.3 is 0 Å². The Morgan fingerprint density at radius 3 is 2.68 bits per heavy atom. The summed E-state index contributed by atoms with van der Waals surface area (Å²) in [5, 5.41) is 7.53. The number of rotatable bonds is 6. The Hall–Kier alpha value is -3.39. The van der Waals surface area contributed by atoms with Crippen molar-refractivity contribution < 1.29 is 18.2 Å². The highest BCUT2D eigenvalue weighted by Crippen LogP contribution is 2.27. The van der Waals surface area contributed by atoms with Crippen molar-refractivity contribution in [2.75, 3.05) is 20.6 Å². The Morgan fingerprint density at radius 2 is 2.00 bits per heavy atom. The second-order valence-electron chi connectivity index (χ2n) is 6.69. The molecular formula is C20H20N4O4. The summed E-state index contributed by atoms with van der Waals surface area (Å²) in [7, 11) is 3.87. The predicted octanol–water partition coefficient (Wildman–Crippen LogP) is 3.42. The van der Waals surface area contributed by atoms with Crippen molar-refractivity contribution in [1.29, 1.82) is 0 Å². The normalized spacial score (nSPS) is 12.6. The summed E-state index contributed by atoms with van der Waals surface area (Å²) in [5.41, 5.74) is 1.85. The minimum absolute atomic E-state index is 0.0932. The lowest BCUT2D eigenvalue weighted by molar-refractivity contribution is 0.0940. The van der Waals surface area contributed by atoms with Gasteiger partial charge in [-0.05, 0) is 51.4 Å². The van der Waals surface area contributed by atoms with Gasteiger partial charge in [-0.3, -0.25) is 9.69 Å². The summed E-state index contributed by atoms with van der Waals surface area (Å²) in [6, 6.07) is 8.86. The Balaban J connectivity index is 1.65. The van der Waals surface area contributed by atoms with Crippen LogP contribution in [0.5, 0.6) is 0 Å². The van der Waals surface area contributed by atoms with Gasteiger partial charge in [-0.25, -0.2) is 4.98 Å². The molecular weight excluding hydrogens is 360 g/mol. The van der Waals surface area contributed by atoms with Gasteiger partial charge in [-0.1, -0.05) is 5.16 Å². The number of pyridine rings is 1. The van der Waals surface area contributed by atoms with Gasteiger partial charge in [-0.15, -0.1) is 0 Å². The molecule has 1 atom stereocenters. The SMILES string of the molecule is Cc1noc2nc(-c3ccco3)cc(C(=O)NCC(c3ccco3)N(C)C)c12. The maximum Gasteiger partial charge on any atom is 0.259 e. The van der Waals surface area contributed by atoms with Crippen LogP contribution in [0.2, 0.25) is 0 Å². The number of furan rings is 2. The van der Waals surface area contributed by atoms with Crippen molar-refractivity contribution in [3.8, 4) is 11.5 Å². The van der Waals surface area contributed by atoms with Gasteiger partial charge in [0.05, 0.1) is 35.2 Å². The second-order valence-corrected chi connectivity index (χ2v) is 6.69.